The molecule has 5 heteroatoms. The quantitative estimate of drug-likeness (QED) is 0.544. The highest BCUT2D eigenvalue weighted by Gasteiger charge is 2.05. The molecule has 1 heterocycles. The van der Waals surface area contributed by atoms with Crippen LogP contribution < -0.4 is 0 Å². The predicted molar refractivity (Wildman–Crippen MR) is 49.2 cm³/mol. The summed E-state index contributed by atoms with van der Waals surface area (Å²) in [5.41, 5.74) is 0.764. The van der Waals surface area contributed by atoms with Gasteiger partial charge in [-0.2, -0.15) is 0 Å². The molecule has 1 aromatic heterocycles. The number of hydrogen-bond donors (Lipinski definition) is 0. The first-order chi connectivity index (χ1) is 5.22. The van der Waals surface area contributed by atoms with Gasteiger partial charge >= 0.3 is 0 Å². The SMILES string of the molecule is C=C(C(=O)Cl)c1cncnc1.Cl. The predicted octanol–water partition coefficient (Wildman–Crippen LogP) is 1.68. The van der Waals surface area contributed by atoms with Crippen LogP contribution in [0.5, 0.6) is 0 Å². The third-order valence-corrected chi connectivity index (χ3v) is 1.37. The molecule has 0 amide bonds. The normalized spacial score (nSPS) is 8.42. The number of carbonyl (C=O) groups excluding carboxylic acids is 1. The highest BCUT2D eigenvalue weighted by Crippen LogP contribution is 2.11. The minimum absolute atomic E-state index is 0. The number of rotatable bonds is 2. The summed E-state index contributed by atoms with van der Waals surface area (Å²) in [7, 11) is 0. The number of halogens is 2. The minimum atomic E-state index is -0.584. The van der Waals surface area contributed by atoms with Gasteiger partial charge in [0.25, 0.3) is 5.24 Å². The van der Waals surface area contributed by atoms with Gasteiger partial charge in [0, 0.05) is 23.5 Å². The zero-order chi connectivity index (χ0) is 8.27. The molecular weight excluding hydrogens is 199 g/mol. The van der Waals surface area contributed by atoms with Gasteiger partial charge in [-0.1, -0.05) is 6.58 Å². The first kappa shape index (κ1) is 11.1. The lowest BCUT2D eigenvalue weighted by atomic mass is 10.2. The van der Waals surface area contributed by atoms with Gasteiger partial charge in [-0.15, -0.1) is 12.4 Å². The Morgan fingerprint density at radius 3 is 2.33 bits per heavy atom. The van der Waals surface area contributed by atoms with E-state index in [-0.39, 0.29) is 18.0 Å². The molecule has 0 aromatic carbocycles. The molecule has 0 fully saturated rings. The number of hydrogen-bond acceptors (Lipinski definition) is 3. The first-order valence-electron chi connectivity index (χ1n) is 2.86. The molecule has 1 rings (SSSR count). The maximum Gasteiger partial charge on any atom is 0.252 e. The molecule has 0 saturated carbocycles. The third kappa shape index (κ3) is 2.60. The van der Waals surface area contributed by atoms with Crippen molar-refractivity contribution >= 4 is 34.8 Å². The van der Waals surface area contributed by atoms with Gasteiger partial charge in [0.1, 0.15) is 6.33 Å². The summed E-state index contributed by atoms with van der Waals surface area (Å²) in [6, 6.07) is 0. The molecule has 0 bridgehead atoms. The summed E-state index contributed by atoms with van der Waals surface area (Å²) in [5.74, 6) is 0. The standard InChI is InChI=1S/C7H5ClN2O.ClH/c1-5(7(8)11)6-2-9-4-10-3-6;/h2-4H,1H2;1H. The van der Waals surface area contributed by atoms with Gasteiger partial charge in [0.15, 0.2) is 0 Å². The van der Waals surface area contributed by atoms with Crippen LogP contribution >= 0.6 is 24.0 Å². The van der Waals surface area contributed by atoms with Crippen LogP contribution in [0.2, 0.25) is 0 Å². The van der Waals surface area contributed by atoms with Crippen LogP contribution in [-0.4, -0.2) is 15.2 Å². The Kier molecular flexibility index (Phi) is 4.47. The van der Waals surface area contributed by atoms with Crippen molar-refractivity contribution in [3.05, 3.63) is 30.9 Å². The van der Waals surface area contributed by atoms with Gasteiger partial charge in [-0.05, 0) is 11.6 Å². The molecular formula is C7H6Cl2N2O. The number of nitrogens with zero attached hydrogens (tertiary/aromatic N) is 2. The van der Waals surface area contributed by atoms with Crippen molar-refractivity contribution in [1.82, 2.24) is 9.97 Å². The van der Waals surface area contributed by atoms with Gasteiger partial charge in [0.05, 0.1) is 0 Å². The van der Waals surface area contributed by atoms with E-state index >= 15 is 0 Å². The topological polar surface area (TPSA) is 42.9 Å². The zero-order valence-corrected chi connectivity index (χ0v) is 7.60. The van der Waals surface area contributed by atoms with E-state index in [0.717, 1.165) is 0 Å². The fourth-order valence-electron chi connectivity index (χ4n) is 0.568. The maximum absolute atomic E-state index is 10.6. The van der Waals surface area contributed by atoms with Gasteiger partial charge < -0.3 is 0 Å². The largest absolute Gasteiger partial charge is 0.276 e. The summed E-state index contributed by atoms with van der Waals surface area (Å²) in [4.78, 5) is 18.0. The number of carbonyl (C=O) groups is 1. The lowest BCUT2D eigenvalue weighted by Gasteiger charge is -1.95. The van der Waals surface area contributed by atoms with Crippen molar-refractivity contribution in [1.29, 1.82) is 0 Å². The fourth-order valence-corrected chi connectivity index (χ4v) is 0.678. The number of allylic oxidation sites excluding steroid dienone is 1. The van der Waals surface area contributed by atoms with E-state index in [2.05, 4.69) is 16.5 Å². The molecule has 0 spiro atoms. The molecule has 1 aromatic rings. The Hall–Kier alpha value is -0.930. The van der Waals surface area contributed by atoms with E-state index in [1.54, 1.807) is 0 Å². The van der Waals surface area contributed by atoms with Gasteiger partial charge in [-0.25, -0.2) is 9.97 Å². The third-order valence-electron chi connectivity index (χ3n) is 1.15. The van der Waals surface area contributed by atoms with Crippen LogP contribution in [0, 0.1) is 0 Å². The van der Waals surface area contributed by atoms with Crippen molar-refractivity contribution in [2.45, 2.75) is 0 Å². The van der Waals surface area contributed by atoms with Crippen LogP contribution in [0.3, 0.4) is 0 Å². The summed E-state index contributed by atoms with van der Waals surface area (Å²) >= 11 is 5.17. The molecule has 0 unspecified atom stereocenters. The summed E-state index contributed by atoms with van der Waals surface area (Å²) < 4.78 is 0. The smallest absolute Gasteiger partial charge is 0.252 e. The van der Waals surface area contributed by atoms with Crippen LogP contribution in [0.4, 0.5) is 0 Å². The molecule has 0 aliphatic rings. The molecule has 0 saturated heterocycles. The second kappa shape index (κ2) is 4.85. The van der Waals surface area contributed by atoms with Crippen LogP contribution in [-0.2, 0) is 4.79 Å². The molecule has 3 nitrogen and oxygen atoms in total. The van der Waals surface area contributed by atoms with E-state index in [0.29, 0.717) is 5.56 Å². The van der Waals surface area contributed by atoms with Crippen molar-refractivity contribution < 1.29 is 4.79 Å². The first-order valence-corrected chi connectivity index (χ1v) is 3.23. The number of aromatic nitrogens is 2. The Morgan fingerprint density at radius 2 is 1.92 bits per heavy atom. The molecule has 0 aliphatic carbocycles. The van der Waals surface area contributed by atoms with Crippen molar-refractivity contribution in [2.24, 2.45) is 0 Å². The van der Waals surface area contributed by atoms with Gasteiger partial charge in [-0.3, -0.25) is 4.79 Å². The highest BCUT2D eigenvalue weighted by atomic mass is 35.5. The zero-order valence-electron chi connectivity index (χ0n) is 6.03. The van der Waals surface area contributed by atoms with Crippen LogP contribution in [0.15, 0.2) is 25.3 Å². The molecule has 12 heavy (non-hydrogen) atoms. The lowest BCUT2D eigenvalue weighted by molar-refractivity contribution is -0.106. The Labute approximate surface area is 80.9 Å². The molecule has 0 aliphatic heterocycles. The van der Waals surface area contributed by atoms with E-state index in [1.807, 2.05) is 0 Å². The average molecular weight is 205 g/mol. The van der Waals surface area contributed by atoms with Crippen LogP contribution in [0.25, 0.3) is 5.57 Å². The monoisotopic (exact) mass is 204 g/mol. The summed E-state index contributed by atoms with van der Waals surface area (Å²) in [6.45, 7) is 3.46. The fraction of sp³-hybridized carbons (Fsp3) is 0. The van der Waals surface area contributed by atoms with E-state index in [4.69, 9.17) is 11.6 Å². The molecule has 0 radical (unpaired) electrons. The molecule has 0 N–H and O–H groups in total. The second-order valence-corrected chi connectivity index (χ2v) is 2.22. The Balaban J connectivity index is 0.00000121. The minimum Gasteiger partial charge on any atom is -0.276 e. The van der Waals surface area contributed by atoms with Crippen LogP contribution in [0.1, 0.15) is 5.56 Å². The summed E-state index contributed by atoms with van der Waals surface area (Å²) in [5, 5.41) is -0.584. The molecule has 0 atom stereocenters. The summed E-state index contributed by atoms with van der Waals surface area (Å²) in [6.07, 6.45) is 4.33. The van der Waals surface area contributed by atoms with Crippen molar-refractivity contribution in [3.63, 3.8) is 0 Å². The van der Waals surface area contributed by atoms with E-state index in [9.17, 15) is 4.79 Å². The van der Waals surface area contributed by atoms with Crippen molar-refractivity contribution in [3.8, 4) is 0 Å². The van der Waals surface area contributed by atoms with Gasteiger partial charge in [0.2, 0.25) is 0 Å². The molecule has 64 valence electrons. The Bertz CT molecular complexity index is 287. The van der Waals surface area contributed by atoms with E-state index in [1.165, 1.54) is 18.7 Å². The van der Waals surface area contributed by atoms with Crippen molar-refractivity contribution in [2.75, 3.05) is 0 Å². The average Bonchev–Trinajstić information content (AvgIpc) is 2.05. The lowest BCUT2D eigenvalue weighted by Crippen LogP contribution is -1.92. The highest BCUT2D eigenvalue weighted by molar-refractivity contribution is 6.74. The van der Waals surface area contributed by atoms with E-state index < -0.39 is 5.24 Å². The maximum atomic E-state index is 10.6. The Morgan fingerprint density at radius 1 is 1.42 bits per heavy atom. The second-order valence-electron chi connectivity index (χ2n) is 1.88.